The summed E-state index contributed by atoms with van der Waals surface area (Å²) in [6.45, 7) is 8.25. The quantitative estimate of drug-likeness (QED) is 0.377. The molecule has 1 spiro atoms. The fourth-order valence-corrected chi connectivity index (χ4v) is 5.89. The van der Waals surface area contributed by atoms with Gasteiger partial charge in [-0.15, -0.1) is 0 Å². The molecule has 3 atom stereocenters. The van der Waals surface area contributed by atoms with Crippen molar-refractivity contribution in [1.82, 2.24) is 10.6 Å². The normalized spacial score (nSPS) is 32.3. The van der Waals surface area contributed by atoms with E-state index in [4.69, 9.17) is 19.2 Å². The molecule has 160 valence electrons. The van der Waals surface area contributed by atoms with Crippen LogP contribution in [0.15, 0.2) is 4.99 Å². The number of ether oxygens (including phenoxy) is 3. The minimum Gasteiger partial charge on any atom is -0.381 e. The summed E-state index contributed by atoms with van der Waals surface area (Å²) in [6, 6.07) is 0.532. The zero-order chi connectivity index (χ0) is 19.2. The van der Waals surface area contributed by atoms with E-state index in [2.05, 4.69) is 17.6 Å². The Morgan fingerprint density at radius 2 is 1.96 bits per heavy atom. The van der Waals surface area contributed by atoms with E-state index in [-0.39, 0.29) is 0 Å². The molecule has 2 aliphatic carbocycles. The summed E-state index contributed by atoms with van der Waals surface area (Å²) >= 11 is 0. The van der Waals surface area contributed by atoms with E-state index >= 15 is 0 Å². The van der Waals surface area contributed by atoms with Gasteiger partial charge in [-0.2, -0.15) is 0 Å². The first kappa shape index (κ1) is 20.4. The van der Waals surface area contributed by atoms with Crippen LogP contribution in [0.3, 0.4) is 0 Å². The Balaban J connectivity index is 1.22. The number of aliphatic imine (C=N–C) groups is 1. The van der Waals surface area contributed by atoms with Crippen molar-refractivity contribution in [2.45, 2.75) is 70.4 Å². The van der Waals surface area contributed by atoms with Crippen LogP contribution < -0.4 is 10.6 Å². The predicted octanol–water partition coefficient (Wildman–Crippen LogP) is 2.72. The van der Waals surface area contributed by atoms with E-state index in [1.165, 1.54) is 32.1 Å². The molecule has 2 saturated heterocycles. The highest BCUT2D eigenvalue weighted by molar-refractivity contribution is 5.80. The third kappa shape index (κ3) is 4.34. The number of nitrogens with one attached hydrogen (secondary N) is 2. The van der Waals surface area contributed by atoms with Crippen molar-refractivity contribution in [2.75, 3.05) is 46.1 Å². The van der Waals surface area contributed by atoms with Crippen LogP contribution in [0.5, 0.6) is 0 Å². The van der Waals surface area contributed by atoms with Crippen molar-refractivity contribution in [3.05, 3.63) is 0 Å². The van der Waals surface area contributed by atoms with Crippen LogP contribution in [0.2, 0.25) is 0 Å². The highest BCUT2D eigenvalue weighted by atomic mass is 16.5. The second kappa shape index (κ2) is 9.77. The van der Waals surface area contributed by atoms with Gasteiger partial charge in [-0.3, -0.25) is 4.99 Å². The molecule has 2 N–H and O–H groups in total. The molecule has 0 aromatic heterocycles. The van der Waals surface area contributed by atoms with Crippen molar-refractivity contribution in [3.63, 3.8) is 0 Å². The predicted molar refractivity (Wildman–Crippen MR) is 111 cm³/mol. The highest BCUT2D eigenvalue weighted by Gasteiger charge is 2.65. The molecule has 0 radical (unpaired) electrons. The molecular weight excluding hydrogens is 354 g/mol. The number of fused-ring (bicyclic) bond motifs is 2. The van der Waals surface area contributed by atoms with Gasteiger partial charge in [0.05, 0.1) is 6.10 Å². The first-order valence-electron chi connectivity index (χ1n) is 11.7. The number of nitrogens with zero attached hydrogens (tertiary/aromatic N) is 1. The van der Waals surface area contributed by atoms with Gasteiger partial charge in [0.15, 0.2) is 5.96 Å². The first-order valence-corrected chi connectivity index (χ1v) is 11.7. The molecule has 0 aromatic rings. The maximum absolute atomic E-state index is 6.11. The van der Waals surface area contributed by atoms with Crippen LogP contribution >= 0.6 is 0 Å². The summed E-state index contributed by atoms with van der Waals surface area (Å²) in [4.78, 5) is 4.84. The summed E-state index contributed by atoms with van der Waals surface area (Å²) in [5.41, 5.74) is 0.365. The van der Waals surface area contributed by atoms with Crippen LogP contribution in [0.4, 0.5) is 0 Å². The Morgan fingerprint density at radius 1 is 1.14 bits per heavy atom. The van der Waals surface area contributed by atoms with Gasteiger partial charge >= 0.3 is 0 Å². The highest BCUT2D eigenvalue weighted by Crippen LogP contribution is 2.60. The van der Waals surface area contributed by atoms with Crippen molar-refractivity contribution in [2.24, 2.45) is 22.2 Å². The third-order valence-corrected chi connectivity index (χ3v) is 7.33. The number of hydrogen-bond donors (Lipinski definition) is 2. The van der Waals surface area contributed by atoms with Crippen LogP contribution in [0, 0.1) is 17.3 Å². The second-order valence-corrected chi connectivity index (χ2v) is 9.05. The van der Waals surface area contributed by atoms with Crippen molar-refractivity contribution < 1.29 is 14.2 Å². The molecule has 6 heteroatoms. The topological polar surface area (TPSA) is 64.1 Å². The van der Waals surface area contributed by atoms with Gasteiger partial charge < -0.3 is 24.8 Å². The zero-order valence-electron chi connectivity index (χ0n) is 17.6. The molecule has 4 rings (SSSR count). The van der Waals surface area contributed by atoms with Crippen molar-refractivity contribution in [1.29, 1.82) is 0 Å². The molecule has 0 bridgehead atoms. The minimum absolute atomic E-state index is 0.365. The van der Waals surface area contributed by atoms with Crippen LogP contribution in [0.25, 0.3) is 0 Å². The lowest BCUT2D eigenvalue weighted by Gasteiger charge is -2.57. The summed E-state index contributed by atoms with van der Waals surface area (Å²) in [7, 11) is 0. The average molecular weight is 394 g/mol. The lowest BCUT2D eigenvalue weighted by Crippen LogP contribution is -2.69. The molecule has 2 heterocycles. The van der Waals surface area contributed by atoms with Crippen molar-refractivity contribution in [3.8, 4) is 0 Å². The maximum Gasteiger partial charge on any atom is 0.191 e. The Hall–Kier alpha value is -0.850. The summed E-state index contributed by atoms with van der Waals surface area (Å²) in [5, 5.41) is 7.26. The molecule has 2 aliphatic heterocycles. The van der Waals surface area contributed by atoms with Gasteiger partial charge in [-0.25, -0.2) is 0 Å². The van der Waals surface area contributed by atoms with Crippen LogP contribution in [-0.2, 0) is 14.2 Å². The fourth-order valence-electron chi connectivity index (χ4n) is 5.89. The Labute approximate surface area is 170 Å². The third-order valence-electron chi connectivity index (χ3n) is 7.33. The first-order chi connectivity index (χ1) is 13.8. The summed E-state index contributed by atoms with van der Waals surface area (Å²) < 4.78 is 17.4. The summed E-state index contributed by atoms with van der Waals surface area (Å²) in [6.07, 6.45) is 10.3. The van der Waals surface area contributed by atoms with E-state index in [9.17, 15) is 0 Å². The standard InChI is InChI=1S/C22H39N3O3/c1-2-23-21(24-11-5-12-27-16-17-6-13-26-14-7-17)25-19-18-8-15-28-20(18)22(19)9-3-4-10-22/h17-20H,2-16H2,1H3,(H2,23,24,25). The second-order valence-electron chi connectivity index (χ2n) is 9.05. The minimum atomic E-state index is 0.365. The van der Waals surface area contributed by atoms with Gasteiger partial charge in [-0.1, -0.05) is 12.8 Å². The molecule has 4 fully saturated rings. The molecule has 28 heavy (non-hydrogen) atoms. The monoisotopic (exact) mass is 393 g/mol. The van der Waals surface area contributed by atoms with E-state index in [1.54, 1.807) is 0 Å². The lowest BCUT2D eigenvalue weighted by atomic mass is 9.54. The fraction of sp³-hybridized carbons (Fsp3) is 0.955. The molecular formula is C22H39N3O3. The molecule has 3 unspecified atom stereocenters. The van der Waals surface area contributed by atoms with Gasteiger partial charge in [-0.05, 0) is 51.4 Å². The van der Waals surface area contributed by atoms with Gasteiger partial charge in [0.1, 0.15) is 0 Å². The Kier molecular flexibility index (Phi) is 7.13. The number of rotatable bonds is 8. The average Bonchev–Trinajstić information content (AvgIpc) is 3.38. The summed E-state index contributed by atoms with van der Waals surface area (Å²) in [5.74, 6) is 2.33. The molecule has 0 amide bonds. The van der Waals surface area contributed by atoms with E-state index in [0.717, 1.165) is 71.3 Å². The zero-order valence-corrected chi connectivity index (χ0v) is 17.6. The van der Waals surface area contributed by atoms with Crippen LogP contribution in [0.1, 0.15) is 58.3 Å². The van der Waals surface area contributed by atoms with E-state index < -0.39 is 0 Å². The molecule has 4 aliphatic rings. The lowest BCUT2D eigenvalue weighted by molar-refractivity contribution is -0.125. The van der Waals surface area contributed by atoms with Gasteiger partial charge in [0.25, 0.3) is 0 Å². The molecule has 6 nitrogen and oxygen atoms in total. The van der Waals surface area contributed by atoms with Gasteiger partial charge in [0.2, 0.25) is 0 Å². The van der Waals surface area contributed by atoms with E-state index in [0.29, 0.717) is 29.4 Å². The maximum atomic E-state index is 6.11. The molecule has 2 saturated carbocycles. The van der Waals surface area contributed by atoms with Crippen LogP contribution in [-0.4, -0.2) is 64.2 Å². The largest absolute Gasteiger partial charge is 0.381 e. The van der Waals surface area contributed by atoms with E-state index in [1.807, 2.05) is 0 Å². The number of guanidine groups is 1. The SMILES string of the molecule is CCNC(=NCCCOCC1CCOCC1)NC1C2CCOC2C12CCCC2. The Morgan fingerprint density at radius 3 is 2.75 bits per heavy atom. The smallest absolute Gasteiger partial charge is 0.191 e. The molecule has 0 aromatic carbocycles. The van der Waals surface area contributed by atoms with Gasteiger partial charge in [0, 0.05) is 63.5 Å². The Bertz CT molecular complexity index is 515. The van der Waals surface area contributed by atoms with Crippen molar-refractivity contribution >= 4 is 5.96 Å². The number of hydrogen-bond acceptors (Lipinski definition) is 4.